The van der Waals surface area contributed by atoms with Crippen molar-refractivity contribution in [3.63, 3.8) is 0 Å². The third-order valence-electron chi connectivity index (χ3n) is 4.36. The van der Waals surface area contributed by atoms with Crippen LogP contribution in [0.3, 0.4) is 0 Å². The van der Waals surface area contributed by atoms with Gasteiger partial charge in [0.25, 0.3) is 5.56 Å². The molecule has 0 spiro atoms. The van der Waals surface area contributed by atoms with Crippen molar-refractivity contribution >= 4 is 38.2 Å². The lowest BCUT2D eigenvalue weighted by Gasteiger charge is -2.06. The van der Waals surface area contributed by atoms with E-state index in [4.69, 9.17) is 5.26 Å². The van der Waals surface area contributed by atoms with Crippen molar-refractivity contribution in [1.82, 2.24) is 9.38 Å². The number of pyridine rings is 1. The van der Waals surface area contributed by atoms with Crippen LogP contribution in [0.15, 0.2) is 59.4 Å². The highest BCUT2D eigenvalue weighted by molar-refractivity contribution is 6.15. The molecule has 0 aliphatic rings. The molecule has 5 rings (SSSR count). The van der Waals surface area contributed by atoms with Crippen LogP contribution in [0, 0.1) is 11.3 Å². The van der Waals surface area contributed by atoms with Crippen LogP contribution in [0.1, 0.15) is 5.56 Å². The standard InChI is InChI=1S/C19H9N3O/c20-10-11-7-8-16-15(9-11)21-18-13-5-1-3-12-4-2-6-14(17(12)13)19(23)22(16)18/h1-9H. The van der Waals surface area contributed by atoms with Gasteiger partial charge in [-0.1, -0.05) is 30.3 Å². The van der Waals surface area contributed by atoms with Gasteiger partial charge in [0.05, 0.1) is 22.7 Å². The van der Waals surface area contributed by atoms with Crippen molar-refractivity contribution in [2.24, 2.45) is 0 Å². The number of fused-ring (bicyclic) bond motifs is 4. The van der Waals surface area contributed by atoms with Gasteiger partial charge in [-0.15, -0.1) is 0 Å². The Bertz CT molecular complexity index is 1340. The Kier molecular flexibility index (Phi) is 2.14. The molecule has 0 saturated heterocycles. The molecule has 0 radical (unpaired) electrons. The largest absolute Gasteiger partial charge is 0.268 e. The molecule has 5 aromatic rings. The molecule has 0 fully saturated rings. The van der Waals surface area contributed by atoms with E-state index >= 15 is 0 Å². The minimum absolute atomic E-state index is 0.0727. The number of aromatic nitrogens is 2. The van der Waals surface area contributed by atoms with Crippen molar-refractivity contribution in [3.8, 4) is 6.07 Å². The molecule has 2 aromatic heterocycles. The lowest BCUT2D eigenvalue weighted by Crippen LogP contribution is -2.13. The maximum Gasteiger partial charge on any atom is 0.264 e. The zero-order valence-corrected chi connectivity index (χ0v) is 11.9. The zero-order chi connectivity index (χ0) is 15.6. The number of rotatable bonds is 0. The highest BCUT2D eigenvalue weighted by Crippen LogP contribution is 2.29. The van der Waals surface area contributed by atoms with Gasteiger partial charge in [-0.3, -0.25) is 9.20 Å². The Balaban J connectivity index is 2.17. The third-order valence-corrected chi connectivity index (χ3v) is 4.36. The van der Waals surface area contributed by atoms with E-state index in [-0.39, 0.29) is 5.56 Å². The van der Waals surface area contributed by atoms with E-state index in [0.717, 1.165) is 21.7 Å². The maximum atomic E-state index is 13.0. The molecule has 23 heavy (non-hydrogen) atoms. The number of nitriles is 1. The van der Waals surface area contributed by atoms with Gasteiger partial charge in [-0.05, 0) is 29.7 Å². The lowest BCUT2D eigenvalue weighted by molar-refractivity contribution is 1.19. The van der Waals surface area contributed by atoms with Gasteiger partial charge in [0, 0.05) is 16.2 Å². The second kappa shape index (κ2) is 4.05. The van der Waals surface area contributed by atoms with Crippen molar-refractivity contribution in [2.75, 3.05) is 0 Å². The summed E-state index contributed by atoms with van der Waals surface area (Å²) in [5.74, 6) is 0. The van der Waals surface area contributed by atoms with Crippen LogP contribution in [0.2, 0.25) is 0 Å². The average molecular weight is 295 g/mol. The SMILES string of the molecule is N#Cc1ccc2c(c1)nc1c3cccc4cccc(c(=O)n21)c43. The molecule has 0 bridgehead atoms. The predicted octanol–water partition coefficient (Wildman–Crippen LogP) is 3.46. The summed E-state index contributed by atoms with van der Waals surface area (Å²) in [7, 11) is 0. The first-order valence-corrected chi connectivity index (χ1v) is 7.27. The number of hydrogen-bond donors (Lipinski definition) is 0. The van der Waals surface area contributed by atoms with E-state index in [2.05, 4.69) is 11.1 Å². The second-order valence-electron chi connectivity index (χ2n) is 5.60. The third kappa shape index (κ3) is 1.43. The number of imidazole rings is 1. The minimum Gasteiger partial charge on any atom is -0.268 e. The van der Waals surface area contributed by atoms with Crippen molar-refractivity contribution < 1.29 is 0 Å². The maximum absolute atomic E-state index is 13.0. The summed E-state index contributed by atoms with van der Waals surface area (Å²) in [4.78, 5) is 17.6. The van der Waals surface area contributed by atoms with Crippen LogP contribution < -0.4 is 5.56 Å². The zero-order valence-electron chi connectivity index (χ0n) is 11.9. The number of benzene rings is 3. The van der Waals surface area contributed by atoms with Gasteiger partial charge in [0.1, 0.15) is 5.65 Å². The molecule has 0 amide bonds. The molecule has 0 N–H and O–H groups in total. The van der Waals surface area contributed by atoms with Gasteiger partial charge < -0.3 is 0 Å². The Morgan fingerprint density at radius 1 is 1.00 bits per heavy atom. The summed E-state index contributed by atoms with van der Waals surface area (Å²) in [5.41, 5.74) is 2.50. The topological polar surface area (TPSA) is 58.2 Å². The van der Waals surface area contributed by atoms with Crippen LogP contribution >= 0.6 is 0 Å². The molecule has 4 nitrogen and oxygen atoms in total. The Morgan fingerprint density at radius 3 is 2.57 bits per heavy atom. The van der Waals surface area contributed by atoms with E-state index in [1.165, 1.54) is 0 Å². The Hall–Kier alpha value is -3.45. The van der Waals surface area contributed by atoms with E-state index in [1.807, 2.05) is 36.4 Å². The minimum atomic E-state index is -0.0727. The summed E-state index contributed by atoms with van der Waals surface area (Å²) in [6.45, 7) is 0. The smallest absolute Gasteiger partial charge is 0.264 e. The van der Waals surface area contributed by atoms with Crippen LogP contribution in [-0.2, 0) is 0 Å². The molecule has 0 aliphatic heterocycles. The molecule has 3 aromatic carbocycles. The average Bonchev–Trinajstić information content (AvgIpc) is 2.98. The Morgan fingerprint density at radius 2 is 1.78 bits per heavy atom. The van der Waals surface area contributed by atoms with Crippen LogP contribution in [-0.4, -0.2) is 9.38 Å². The highest BCUT2D eigenvalue weighted by Gasteiger charge is 2.15. The van der Waals surface area contributed by atoms with Crippen molar-refractivity contribution in [2.45, 2.75) is 0 Å². The summed E-state index contributed by atoms with van der Waals surface area (Å²) < 4.78 is 1.65. The summed E-state index contributed by atoms with van der Waals surface area (Å²) >= 11 is 0. The molecule has 0 saturated carbocycles. The predicted molar refractivity (Wildman–Crippen MR) is 89.9 cm³/mol. The van der Waals surface area contributed by atoms with Gasteiger partial charge >= 0.3 is 0 Å². The van der Waals surface area contributed by atoms with Crippen LogP contribution in [0.5, 0.6) is 0 Å². The number of hydrogen-bond acceptors (Lipinski definition) is 3. The molecular weight excluding hydrogens is 286 g/mol. The fourth-order valence-electron chi connectivity index (χ4n) is 3.36. The molecule has 0 atom stereocenters. The van der Waals surface area contributed by atoms with Crippen LogP contribution in [0.4, 0.5) is 0 Å². The lowest BCUT2D eigenvalue weighted by atomic mass is 10.0. The quantitative estimate of drug-likeness (QED) is 0.439. The van der Waals surface area contributed by atoms with Gasteiger partial charge in [0.15, 0.2) is 0 Å². The van der Waals surface area contributed by atoms with E-state index < -0.39 is 0 Å². The van der Waals surface area contributed by atoms with E-state index in [1.54, 1.807) is 22.6 Å². The summed E-state index contributed by atoms with van der Waals surface area (Å²) in [6.07, 6.45) is 0. The van der Waals surface area contributed by atoms with Gasteiger partial charge in [-0.2, -0.15) is 5.26 Å². The first-order chi connectivity index (χ1) is 11.3. The first kappa shape index (κ1) is 12.1. The molecule has 4 heteroatoms. The van der Waals surface area contributed by atoms with E-state index in [9.17, 15) is 4.79 Å². The van der Waals surface area contributed by atoms with Crippen molar-refractivity contribution in [1.29, 1.82) is 5.26 Å². The fourth-order valence-corrected chi connectivity index (χ4v) is 3.36. The Labute approximate surface area is 130 Å². The fraction of sp³-hybridized carbons (Fsp3) is 0. The molecule has 2 heterocycles. The van der Waals surface area contributed by atoms with Crippen molar-refractivity contribution in [3.05, 3.63) is 70.5 Å². The normalized spacial score (nSPS) is 11.6. The number of nitrogens with zero attached hydrogens (tertiary/aromatic N) is 3. The summed E-state index contributed by atoms with van der Waals surface area (Å²) in [5, 5.41) is 12.7. The molecule has 106 valence electrons. The van der Waals surface area contributed by atoms with Crippen LogP contribution in [0.25, 0.3) is 38.2 Å². The van der Waals surface area contributed by atoms with Gasteiger partial charge in [0.2, 0.25) is 0 Å². The molecule has 0 unspecified atom stereocenters. The molecular formula is C19H9N3O. The second-order valence-corrected chi connectivity index (χ2v) is 5.60. The van der Waals surface area contributed by atoms with Gasteiger partial charge in [-0.25, -0.2) is 4.98 Å². The monoisotopic (exact) mass is 295 g/mol. The first-order valence-electron chi connectivity index (χ1n) is 7.27. The molecule has 0 aliphatic carbocycles. The highest BCUT2D eigenvalue weighted by atomic mass is 16.1. The van der Waals surface area contributed by atoms with E-state index in [0.29, 0.717) is 22.1 Å². The summed E-state index contributed by atoms with van der Waals surface area (Å²) in [6, 6.07) is 19.1.